The molecule has 0 amide bonds. The zero-order valence-electron chi connectivity index (χ0n) is 12.5. The zero-order valence-corrected chi connectivity index (χ0v) is 12.5. The maximum atomic E-state index is 11.0. The Morgan fingerprint density at radius 2 is 1.81 bits per heavy atom. The number of pyridine rings is 1. The molecule has 0 fully saturated rings. The van der Waals surface area contributed by atoms with E-state index in [1.54, 1.807) is 19.3 Å². The van der Waals surface area contributed by atoms with Crippen LogP contribution in [-0.4, -0.2) is 22.1 Å². The first-order valence-electron chi connectivity index (χ1n) is 7.02. The van der Waals surface area contributed by atoms with Crippen molar-refractivity contribution < 1.29 is 9.90 Å². The number of anilines is 1. The van der Waals surface area contributed by atoms with E-state index in [0.717, 1.165) is 16.8 Å². The molecular formula is C17H20N2O2. The number of carboxylic acid groups (broad SMARTS) is 1. The second kappa shape index (κ2) is 6.39. The monoisotopic (exact) mass is 284 g/mol. The third kappa shape index (κ3) is 3.60. The smallest absolute Gasteiger partial charge is 0.325 e. The fourth-order valence-electron chi connectivity index (χ4n) is 2.10. The lowest BCUT2D eigenvalue weighted by Gasteiger charge is -2.15. The number of carboxylic acids is 1. The molecule has 2 rings (SSSR count). The van der Waals surface area contributed by atoms with E-state index in [1.165, 1.54) is 5.56 Å². The second-order valence-corrected chi connectivity index (χ2v) is 5.40. The first kappa shape index (κ1) is 15.0. The molecular weight excluding hydrogens is 264 g/mol. The summed E-state index contributed by atoms with van der Waals surface area (Å²) in [6, 6.07) is 9.54. The lowest BCUT2D eigenvalue weighted by Crippen LogP contribution is -2.25. The number of rotatable bonds is 5. The Bertz CT molecular complexity index is 621. The van der Waals surface area contributed by atoms with E-state index in [9.17, 15) is 4.79 Å². The van der Waals surface area contributed by atoms with Crippen LogP contribution >= 0.6 is 0 Å². The van der Waals surface area contributed by atoms with Crippen molar-refractivity contribution in [1.29, 1.82) is 0 Å². The van der Waals surface area contributed by atoms with Gasteiger partial charge in [-0.25, -0.2) is 0 Å². The lowest BCUT2D eigenvalue weighted by atomic mass is 9.98. The number of hydrogen-bond donors (Lipinski definition) is 2. The van der Waals surface area contributed by atoms with Gasteiger partial charge in [0.25, 0.3) is 0 Å². The van der Waals surface area contributed by atoms with Crippen molar-refractivity contribution in [1.82, 2.24) is 4.98 Å². The molecule has 0 spiro atoms. The highest BCUT2D eigenvalue weighted by Crippen LogP contribution is 2.28. The van der Waals surface area contributed by atoms with Crippen LogP contribution in [0.2, 0.25) is 0 Å². The molecule has 1 aromatic carbocycles. The topological polar surface area (TPSA) is 62.2 Å². The molecule has 1 heterocycles. The first-order valence-corrected chi connectivity index (χ1v) is 7.02. The van der Waals surface area contributed by atoms with Gasteiger partial charge in [-0.05, 0) is 30.0 Å². The van der Waals surface area contributed by atoms with Crippen LogP contribution in [0, 0.1) is 0 Å². The predicted octanol–water partition coefficient (Wildman–Crippen LogP) is 3.76. The fourth-order valence-corrected chi connectivity index (χ4v) is 2.10. The minimum absolute atomic E-state index is 0.487. The molecule has 0 aliphatic heterocycles. The van der Waals surface area contributed by atoms with Gasteiger partial charge in [-0.3, -0.25) is 9.78 Å². The second-order valence-electron chi connectivity index (χ2n) is 5.40. The van der Waals surface area contributed by atoms with E-state index in [-0.39, 0.29) is 0 Å². The Kier molecular flexibility index (Phi) is 4.58. The molecule has 4 heteroatoms. The van der Waals surface area contributed by atoms with Gasteiger partial charge in [-0.1, -0.05) is 38.1 Å². The first-order chi connectivity index (χ1) is 9.99. The summed E-state index contributed by atoms with van der Waals surface area (Å²) in [5, 5.41) is 12.0. The Morgan fingerprint density at radius 1 is 1.14 bits per heavy atom. The minimum Gasteiger partial charge on any atom is -0.480 e. The largest absolute Gasteiger partial charge is 0.480 e. The number of benzene rings is 1. The van der Waals surface area contributed by atoms with Crippen LogP contribution in [0.1, 0.15) is 32.3 Å². The number of nitrogens with zero attached hydrogens (tertiary/aromatic N) is 1. The highest BCUT2D eigenvalue weighted by molar-refractivity contribution is 5.82. The van der Waals surface area contributed by atoms with Crippen molar-refractivity contribution in [2.45, 2.75) is 32.7 Å². The van der Waals surface area contributed by atoms with Gasteiger partial charge in [0, 0.05) is 11.8 Å². The van der Waals surface area contributed by atoms with Gasteiger partial charge in [0.2, 0.25) is 0 Å². The minimum atomic E-state index is -0.889. The molecule has 0 radical (unpaired) electrons. The molecule has 1 atom stereocenters. The molecule has 21 heavy (non-hydrogen) atoms. The van der Waals surface area contributed by atoms with Crippen LogP contribution < -0.4 is 5.32 Å². The number of nitrogens with one attached hydrogen (secondary N) is 1. The third-order valence-electron chi connectivity index (χ3n) is 3.45. The average Bonchev–Trinajstić information content (AvgIpc) is 2.47. The van der Waals surface area contributed by atoms with Crippen molar-refractivity contribution in [3.05, 3.63) is 48.3 Å². The van der Waals surface area contributed by atoms with Gasteiger partial charge in [0.05, 0.1) is 11.9 Å². The molecule has 1 aromatic heterocycles. The van der Waals surface area contributed by atoms with Crippen molar-refractivity contribution in [2.24, 2.45) is 0 Å². The van der Waals surface area contributed by atoms with E-state index >= 15 is 0 Å². The summed E-state index contributed by atoms with van der Waals surface area (Å²) >= 11 is 0. The van der Waals surface area contributed by atoms with E-state index in [0.29, 0.717) is 5.92 Å². The third-order valence-corrected chi connectivity index (χ3v) is 3.45. The van der Waals surface area contributed by atoms with Crippen LogP contribution in [0.3, 0.4) is 0 Å². The molecule has 2 aromatic rings. The lowest BCUT2D eigenvalue weighted by molar-refractivity contribution is -0.137. The van der Waals surface area contributed by atoms with Crippen molar-refractivity contribution in [3.63, 3.8) is 0 Å². The number of carbonyl (C=O) groups is 1. The van der Waals surface area contributed by atoms with Crippen molar-refractivity contribution in [2.75, 3.05) is 5.32 Å². The van der Waals surface area contributed by atoms with Gasteiger partial charge in [0.1, 0.15) is 6.04 Å². The maximum absolute atomic E-state index is 11.0. The molecule has 4 nitrogen and oxygen atoms in total. The summed E-state index contributed by atoms with van der Waals surface area (Å²) < 4.78 is 0. The number of aliphatic carboxylic acids is 1. The van der Waals surface area contributed by atoms with E-state index in [2.05, 4.69) is 48.4 Å². The van der Waals surface area contributed by atoms with Crippen LogP contribution in [0.5, 0.6) is 0 Å². The Balaban J connectivity index is 2.33. The van der Waals surface area contributed by atoms with Crippen molar-refractivity contribution >= 4 is 11.7 Å². The molecule has 2 N–H and O–H groups in total. The van der Waals surface area contributed by atoms with E-state index in [1.807, 2.05) is 6.07 Å². The highest BCUT2D eigenvalue weighted by atomic mass is 16.4. The summed E-state index contributed by atoms with van der Waals surface area (Å²) in [4.78, 5) is 15.1. The van der Waals surface area contributed by atoms with E-state index in [4.69, 9.17) is 5.11 Å². The zero-order chi connectivity index (χ0) is 15.4. The fraction of sp³-hybridized carbons (Fsp3) is 0.294. The molecule has 0 saturated carbocycles. The molecule has 0 aliphatic carbocycles. The van der Waals surface area contributed by atoms with Gasteiger partial charge in [-0.15, -0.1) is 0 Å². The summed E-state index contributed by atoms with van der Waals surface area (Å²) in [6.07, 6.45) is 3.37. The quantitative estimate of drug-likeness (QED) is 0.877. The molecule has 110 valence electrons. The van der Waals surface area contributed by atoms with Gasteiger partial charge in [-0.2, -0.15) is 0 Å². The average molecular weight is 284 g/mol. The number of aromatic nitrogens is 1. The Morgan fingerprint density at radius 3 is 2.38 bits per heavy atom. The van der Waals surface area contributed by atoms with Crippen LogP contribution in [0.25, 0.3) is 11.1 Å². The molecule has 0 unspecified atom stereocenters. The highest BCUT2D eigenvalue weighted by Gasteiger charge is 2.13. The Labute approximate surface area is 124 Å². The standard InChI is InChI=1S/C17H20N2O2/c1-11(2)13-4-6-14(7-5-13)15-8-9-18-10-16(15)19-12(3)17(20)21/h4-12,19H,1-3H3,(H,20,21)/t12-/m0/s1. The van der Waals surface area contributed by atoms with Crippen LogP contribution in [0.15, 0.2) is 42.7 Å². The van der Waals surface area contributed by atoms with Gasteiger partial charge < -0.3 is 10.4 Å². The summed E-state index contributed by atoms with van der Waals surface area (Å²) in [7, 11) is 0. The SMILES string of the molecule is CC(C)c1ccc(-c2ccncc2N[C@@H](C)C(=O)O)cc1. The van der Waals surface area contributed by atoms with E-state index < -0.39 is 12.0 Å². The predicted molar refractivity (Wildman–Crippen MR) is 84.5 cm³/mol. The van der Waals surface area contributed by atoms with Crippen LogP contribution in [-0.2, 0) is 4.79 Å². The van der Waals surface area contributed by atoms with Gasteiger partial charge >= 0.3 is 5.97 Å². The van der Waals surface area contributed by atoms with Crippen molar-refractivity contribution in [3.8, 4) is 11.1 Å². The summed E-state index contributed by atoms with van der Waals surface area (Å²) in [6.45, 7) is 5.92. The summed E-state index contributed by atoms with van der Waals surface area (Å²) in [5.74, 6) is -0.402. The molecule has 0 saturated heterocycles. The van der Waals surface area contributed by atoms with Gasteiger partial charge in [0.15, 0.2) is 0 Å². The molecule has 0 bridgehead atoms. The normalized spacial score (nSPS) is 12.2. The Hall–Kier alpha value is -2.36. The molecule has 0 aliphatic rings. The summed E-state index contributed by atoms with van der Waals surface area (Å²) in [5.41, 5.74) is 4.00. The maximum Gasteiger partial charge on any atom is 0.325 e. The van der Waals surface area contributed by atoms with Crippen LogP contribution in [0.4, 0.5) is 5.69 Å². The number of hydrogen-bond acceptors (Lipinski definition) is 3.